The van der Waals surface area contributed by atoms with Crippen molar-refractivity contribution in [1.29, 1.82) is 0 Å². The highest BCUT2D eigenvalue weighted by Crippen LogP contribution is 2.21. The lowest BCUT2D eigenvalue weighted by Crippen LogP contribution is -2.33. The van der Waals surface area contributed by atoms with Crippen LogP contribution in [0.1, 0.15) is 20.7 Å². The maximum atomic E-state index is 12.2. The molecule has 0 aliphatic carbocycles. The van der Waals surface area contributed by atoms with Crippen molar-refractivity contribution < 1.29 is 9.59 Å². The molecule has 2 aromatic carbocycles. The van der Waals surface area contributed by atoms with Gasteiger partial charge in [-0.05, 0) is 24.3 Å². The molecular formula is C17H17IN4O2. The Labute approximate surface area is 156 Å². The lowest BCUT2D eigenvalue weighted by molar-refractivity contribution is 0.0659. The molecule has 1 heterocycles. The van der Waals surface area contributed by atoms with Gasteiger partial charge in [-0.3, -0.25) is 19.5 Å². The lowest BCUT2D eigenvalue weighted by atomic mass is 10.1. The zero-order valence-corrected chi connectivity index (χ0v) is 15.1. The van der Waals surface area contributed by atoms with Crippen LogP contribution in [0.2, 0.25) is 0 Å². The van der Waals surface area contributed by atoms with Crippen LogP contribution in [0.25, 0.3) is 0 Å². The van der Waals surface area contributed by atoms with E-state index in [-0.39, 0.29) is 54.8 Å². The molecule has 1 aliphatic rings. The van der Waals surface area contributed by atoms with Gasteiger partial charge in [0, 0.05) is 12.2 Å². The number of halogens is 1. The van der Waals surface area contributed by atoms with Crippen LogP contribution in [0.4, 0.5) is 5.69 Å². The van der Waals surface area contributed by atoms with Crippen LogP contribution in [0.5, 0.6) is 0 Å². The number of carbonyl (C=O) groups excluding carboxylic acids is 2. The van der Waals surface area contributed by atoms with Crippen molar-refractivity contribution in [2.75, 3.05) is 18.4 Å². The first-order chi connectivity index (χ1) is 11.2. The van der Waals surface area contributed by atoms with Crippen molar-refractivity contribution >= 4 is 47.4 Å². The molecule has 0 radical (unpaired) electrons. The van der Waals surface area contributed by atoms with Crippen molar-refractivity contribution in [3.8, 4) is 0 Å². The number of guanidine groups is 1. The number of hydrogen-bond acceptors (Lipinski definition) is 3. The highest BCUT2D eigenvalue weighted by molar-refractivity contribution is 14.0. The monoisotopic (exact) mass is 436 g/mol. The molecule has 7 heteroatoms. The van der Waals surface area contributed by atoms with Gasteiger partial charge >= 0.3 is 0 Å². The molecule has 0 saturated carbocycles. The third-order valence-electron chi connectivity index (χ3n) is 3.53. The number of nitrogens with zero attached hydrogens (tertiary/aromatic N) is 2. The minimum absolute atomic E-state index is 0. The minimum atomic E-state index is -0.282. The smallest absolute Gasteiger partial charge is 0.261 e. The van der Waals surface area contributed by atoms with E-state index in [1.54, 1.807) is 24.3 Å². The first-order valence-electron chi connectivity index (χ1n) is 7.24. The van der Waals surface area contributed by atoms with Gasteiger partial charge in [0.15, 0.2) is 5.96 Å². The third kappa shape index (κ3) is 3.73. The van der Waals surface area contributed by atoms with E-state index in [0.29, 0.717) is 11.1 Å². The van der Waals surface area contributed by atoms with E-state index in [0.717, 1.165) is 5.69 Å². The average molecular weight is 436 g/mol. The summed E-state index contributed by atoms with van der Waals surface area (Å²) in [4.78, 5) is 29.7. The number of rotatable bonds is 4. The number of aliphatic imine (C=N–C) groups is 1. The number of imide groups is 1. The van der Waals surface area contributed by atoms with E-state index in [1.807, 2.05) is 30.3 Å². The van der Waals surface area contributed by atoms with Crippen molar-refractivity contribution in [3.63, 3.8) is 0 Å². The van der Waals surface area contributed by atoms with Gasteiger partial charge in [0.05, 0.1) is 17.7 Å². The minimum Gasteiger partial charge on any atom is -0.370 e. The fraction of sp³-hybridized carbons (Fsp3) is 0.118. The molecule has 0 spiro atoms. The molecule has 0 saturated heterocycles. The van der Waals surface area contributed by atoms with E-state index >= 15 is 0 Å². The summed E-state index contributed by atoms with van der Waals surface area (Å²) >= 11 is 0. The summed E-state index contributed by atoms with van der Waals surface area (Å²) in [5.74, 6) is -0.321. The van der Waals surface area contributed by atoms with E-state index in [9.17, 15) is 9.59 Å². The predicted octanol–water partition coefficient (Wildman–Crippen LogP) is 2.33. The van der Waals surface area contributed by atoms with E-state index in [4.69, 9.17) is 5.73 Å². The zero-order valence-electron chi connectivity index (χ0n) is 12.8. The fourth-order valence-electron chi connectivity index (χ4n) is 2.42. The van der Waals surface area contributed by atoms with Crippen LogP contribution in [0.15, 0.2) is 59.6 Å². The van der Waals surface area contributed by atoms with Crippen molar-refractivity contribution in [1.82, 2.24) is 4.90 Å². The Morgan fingerprint density at radius 2 is 1.50 bits per heavy atom. The Morgan fingerprint density at radius 1 is 0.958 bits per heavy atom. The Morgan fingerprint density at radius 3 is 2.08 bits per heavy atom. The SMILES string of the molecule is I.NC(=NCCN1C(=O)c2ccccc2C1=O)Nc1ccccc1. The number of anilines is 1. The van der Waals surface area contributed by atoms with E-state index in [1.165, 1.54) is 4.90 Å². The van der Waals surface area contributed by atoms with Gasteiger partial charge < -0.3 is 11.1 Å². The second kappa shape index (κ2) is 7.91. The summed E-state index contributed by atoms with van der Waals surface area (Å²) in [7, 11) is 0. The number of nitrogens with one attached hydrogen (secondary N) is 1. The first kappa shape index (κ1) is 17.9. The molecule has 0 fully saturated rings. The maximum absolute atomic E-state index is 12.2. The van der Waals surface area contributed by atoms with Crippen molar-refractivity contribution in [2.24, 2.45) is 10.7 Å². The number of carbonyl (C=O) groups is 2. The highest BCUT2D eigenvalue weighted by Gasteiger charge is 2.34. The van der Waals surface area contributed by atoms with Crippen LogP contribution in [-0.4, -0.2) is 35.8 Å². The number of amides is 2. The second-order valence-corrected chi connectivity index (χ2v) is 5.07. The van der Waals surface area contributed by atoms with E-state index < -0.39 is 0 Å². The van der Waals surface area contributed by atoms with Crippen molar-refractivity contribution in [2.45, 2.75) is 0 Å². The van der Waals surface area contributed by atoms with Gasteiger partial charge in [0.25, 0.3) is 11.8 Å². The molecule has 0 atom stereocenters. The molecule has 3 rings (SSSR count). The summed E-state index contributed by atoms with van der Waals surface area (Å²) in [5.41, 5.74) is 7.51. The molecule has 6 nitrogen and oxygen atoms in total. The largest absolute Gasteiger partial charge is 0.370 e. The molecule has 124 valence electrons. The second-order valence-electron chi connectivity index (χ2n) is 5.07. The molecule has 24 heavy (non-hydrogen) atoms. The maximum Gasteiger partial charge on any atom is 0.261 e. The number of hydrogen-bond donors (Lipinski definition) is 2. The molecular weight excluding hydrogens is 419 g/mol. The summed E-state index contributed by atoms with van der Waals surface area (Å²) in [6.45, 7) is 0.445. The van der Waals surface area contributed by atoms with Gasteiger partial charge in [0.2, 0.25) is 0 Å². The molecule has 0 unspecified atom stereocenters. The zero-order chi connectivity index (χ0) is 16.2. The number of fused-ring (bicyclic) bond motifs is 1. The molecule has 0 aromatic heterocycles. The summed E-state index contributed by atoms with van der Waals surface area (Å²) < 4.78 is 0. The molecule has 3 N–H and O–H groups in total. The Kier molecular flexibility index (Phi) is 5.91. The van der Waals surface area contributed by atoms with E-state index in [2.05, 4.69) is 10.3 Å². The quantitative estimate of drug-likeness (QED) is 0.334. The number of para-hydroxylation sites is 1. The van der Waals surface area contributed by atoms with Crippen LogP contribution < -0.4 is 11.1 Å². The molecule has 0 bridgehead atoms. The summed E-state index contributed by atoms with van der Waals surface area (Å²) in [5, 5.41) is 2.95. The van der Waals surface area contributed by atoms with Gasteiger partial charge in [-0.15, -0.1) is 24.0 Å². The Bertz CT molecular complexity index is 742. The van der Waals surface area contributed by atoms with Crippen LogP contribution in [-0.2, 0) is 0 Å². The van der Waals surface area contributed by atoms with Crippen molar-refractivity contribution in [3.05, 3.63) is 65.7 Å². The number of nitrogens with two attached hydrogens (primary N) is 1. The molecule has 2 aromatic rings. The topological polar surface area (TPSA) is 87.8 Å². The third-order valence-corrected chi connectivity index (χ3v) is 3.53. The highest BCUT2D eigenvalue weighted by atomic mass is 127. The van der Waals surface area contributed by atoms with Gasteiger partial charge in [0.1, 0.15) is 0 Å². The average Bonchev–Trinajstić information content (AvgIpc) is 2.81. The molecule has 2 amide bonds. The Balaban J connectivity index is 0.00000208. The Hall–Kier alpha value is -2.42. The normalized spacial score (nSPS) is 13.5. The number of benzene rings is 2. The standard InChI is InChI=1S/C17H16N4O2.HI/c18-17(20-12-6-2-1-3-7-12)19-10-11-21-15(22)13-8-4-5-9-14(13)16(21)23;/h1-9H,10-11H2,(H3,18,19,20);1H. The fourth-order valence-corrected chi connectivity index (χ4v) is 2.42. The first-order valence-corrected chi connectivity index (χ1v) is 7.24. The van der Waals surface area contributed by atoms with Crippen LogP contribution in [0.3, 0.4) is 0 Å². The van der Waals surface area contributed by atoms with Crippen LogP contribution >= 0.6 is 24.0 Å². The lowest BCUT2D eigenvalue weighted by Gasteiger charge is -2.12. The summed E-state index contributed by atoms with van der Waals surface area (Å²) in [6, 6.07) is 16.2. The van der Waals surface area contributed by atoms with Gasteiger partial charge in [-0.25, -0.2) is 0 Å². The molecule has 1 aliphatic heterocycles. The van der Waals surface area contributed by atoms with Gasteiger partial charge in [-0.2, -0.15) is 0 Å². The summed E-state index contributed by atoms with van der Waals surface area (Å²) in [6.07, 6.45) is 0. The van der Waals surface area contributed by atoms with Gasteiger partial charge in [-0.1, -0.05) is 30.3 Å². The predicted molar refractivity (Wildman–Crippen MR) is 104 cm³/mol. The van der Waals surface area contributed by atoms with Crippen LogP contribution in [0, 0.1) is 0 Å².